The number of nitrogens with one attached hydrogen (secondary N) is 1. The Morgan fingerprint density at radius 2 is 1.80 bits per heavy atom. The van der Waals surface area contributed by atoms with Gasteiger partial charge in [-0.3, -0.25) is 10.8 Å². The SMILES string of the molecule is NNC(c1ccccc1F)c1cccc2ccncc12. The lowest BCUT2D eigenvalue weighted by atomic mass is 9.95. The minimum absolute atomic E-state index is 0.281. The van der Waals surface area contributed by atoms with Crippen LogP contribution in [0.5, 0.6) is 0 Å². The first-order valence-corrected chi connectivity index (χ1v) is 6.34. The van der Waals surface area contributed by atoms with Crippen molar-refractivity contribution in [2.45, 2.75) is 6.04 Å². The van der Waals surface area contributed by atoms with Crippen molar-refractivity contribution in [1.29, 1.82) is 0 Å². The van der Waals surface area contributed by atoms with Crippen LogP contribution in [-0.4, -0.2) is 4.98 Å². The summed E-state index contributed by atoms with van der Waals surface area (Å²) < 4.78 is 14.0. The number of hydrogen-bond acceptors (Lipinski definition) is 3. The van der Waals surface area contributed by atoms with Gasteiger partial charge in [-0.25, -0.2) is 9.82 Å². The number of benzene rings is 2. The molecule has 3 nitrogen and oxygen atoms in total. The second-order valence-corrected chi connectivity index (χ2v) is 4.57. The van der Waals surface area contributed by atoms with Gasteiger partial charge in [-0.05, 0) is 23.1 Å². The van der Waals surface area contributed by atoms with Gasteiger partial charge >= 0.3 is 0 Å². The van der Waals surface area contributed by atoms with Crippen molar-refractivity contribution in [1.82, 2.24) is 10.4 Å². The second-order valence-electron chi connectivity index (χ2n) is 4.57. The molecule has 3 aromatic rings. The Morgan fingerprint density at radius 3 is 2.60 bits per heavy atom. The zero-order valence-corrected chi connectivity index (χ0v) is 10.8. The molecule has 0 fully saturated rings. The van der Waals surface area contributed by atoms with Crippen LogP contribution >= 0.6 is 0 Å². The molecular weight excluding hydrogens is 253 g/mol. The fraction of sp³-hybridized carbons (Fsp3) is 0.0625. The van der Waals surface area contributed by atoms with E-state index in [2.05, 4.69) is 10.4 Å². The van der Waals surface area contributed by atoms with Gasteiger partial charge in [0.25, 0.3) is 0 Å². The third kappa shape index (κ3) is 2.15. The molecule has 100 valence electrons. The van der Waals surface area contributed by atoms with Crippen LogP contribution < -0.4 is 11.3 Å². The zero-order chi connectivity index (χ0) is 13.9. The minimum Gasteiger partial charge on any atom is -0.271 e. The maximum atomic E-state index is 14.0. The maximum Gasteiger partial charge on any atom is 0.128 e. The molecule has 1 heterocycles. The van der Waals surface area contributed by atoms with Crippen LogP contribution in [0.4, 0.5) is 4.39 Å². The summed E-state index contributed by atoms with van der Waals surface area (Å²) in [6.07, 6.45) is 3.51. The normalized spacial score (nSPS) is 12.5. The van der Waals surface area contributed by atoms with Crippen LogP contribution in [0.3, 0.4) is 0 Å². The summed E-state index contributed by atoms with van der Waals surface area (Å²) in [6.45, 7) is 0. The molecule has 1 atom stereocenters. The van der Waals surface area contributed by atoms with Crippen molar-refractivity contribution >= 4 is 10.8 Å². The monoisotopic (exact) mass is 267 g/mol. The lowest BCUT2D eigenvalue weighted by molar-refractivity contribution is 0.562. The standard InChI is InChI=1S/C16H14FN3/c17-15-7-2-1-5-13(15)16(20-18)12-6-3-4-11-8-9-19-10-14(11)12/h1-10,16,20H,18H2. The second kappa shape index (κ2) is 5.36. The van der Waals surface area contributed by atoms with Gasteiger partial charge < -0.3 is 0 Å². The average Bonchev–Trinajstić information content (AvgIpc) is 2.50. The largest absolute Gasteiger partial charge is 0.271 e. The van der Waals surface area contributed by atoms with E-state index in [4.69, 9.17) is 5.84 Å². The lowest BCUT2D eigenvalue weighted by Crippen LogP contribution is -2.29. The zero-order valence-electron chi connectivity index (χ0n) is 10.8. The van der Waals surface area contributed by atoms with E-state index in [0.29, 0.717) is 5.56 Å². The van der Waals surface area contributed by atoms with E-state index in [9.17, 15) is 4.39 Å². The van der Waals surface area contributed by atoms with Gasteiger partial charge in [0.15, 0.2) is 0 Å². The Balaban J connectivity index is 2.20. The number of hydrogen-bond donors (Lipinski definition) is 2. The summed E-state index contributed by atoms with van der Waals surface area (Å²) in [4.78, 5) is 4.14. The van der Waals surface area contributed by atoms with Crippen molar-refractivity contribution < 1.29 is 4.39 Å². The van der Waals surface area contributed by atoms with Gasteiger partial charge in [-0.2, -0.15) is 0 Å². The van der Waals surface area contributed by atoms with Crippen LogP contribution in [0.1, 0.15) is 17.2 Å². The molecule has 2 aromatic carbocycles. The first-order chi connectivity index (χ1) is 9.81. The van der Waals surface area contributed by atoms with Crippen LogP contribution in [0.25, 0.3) is 10.8 Å². The fourth-order valence-electron chi connectivity index (χ4n) is 2.45. The van der Waals surface area contributed by atoms with Crippen LogP contribution in [0, 0.1) is 5.82 Å². The molecule has 0 radical (unpaired) electrons. The summed E-state index contributed by atoms with van der Waals surface area (Å²) in [6, 6.07) is 14.0. The Hall–Kier alpha value is -2.30. The molecule has 1 unspecified atom stereocenters. The van der Waals surface area contributed by atoms with Crippen molar-refractivity contribution in [3.63, 3.8) is 0 Å². The minimum atomic E-state index is -0.413. The van der Waals surface area contributed by atoms with Gasteiger partial charge in [0.2, 0.25) is 0 Å². The highest BCUT2D eigenvalue weighted by molar-refractivity contribution is 5.85. The summed E-state index contributed by atoms with van der Waals surface area (Å²) >= 11 is 0. The van der Waals surface area contributed by atoms with Crippen LogP contribution in [0.2, 0.25) is 0 Å². The Labute approximate surface area is 116 Å². The molecule has 20 heavy (non-hydrogen) atoms. The molecule has 0 aliphatic heterocycles. The van der Waals surface area contributed by atoms with Gasteiger partial charge in [0, 0.05) is 23.3 Å². The molecule has 0 bridgehead atoms. The summed E-state index contributed by atoms with van der Waals surface area (Å²) in [5, 5.41) is 2.01. The van der Waals surface area contributed by atoms with E-state index in [0.717, 1.165) is 16.3 Å². The first kappa shape index (κ1) is 12.7. The molecule has 1 aromatic heterocycles. The number of aromatic nitrogens is 1. The van der Waals surface area contributed by atoms with Gasteiger partial charge in [0.05, 0.1) is 6.04 Å². The number of nitrogens with two attached hydrogens (primary N) is 1. The van der Waals surface area contributed by atoms with Crippen LogP contribution in [0.15, 0.2) is 60.9 Å². The average molecular weight is 267 g/mol. The third-order valence-electron chi connectivity index (χ3n) is 3.41. The highest BCUT2D eigenvalue weighted by Gasteiger charge is 2.18. The van der Waals surface area contributed by atoms with Gasteiger partial charge in [-0.1, -0.05) is 36.4 Å². The highest BCUT2D eigenvalue weighted by atomic mass is 19.1. The van der Waals surface area contributed by atoms with E-state index in [1.54, 1.807) is 30.6 Å². The van der Waals surface area contributed by atoms with E-state index >= 15 is 0 Å². The third-order valence-corrected chi connectivity index (χ3v) is 3.41. The number of halogens is 1. The molecule has 4 heteroatoms. The van der Waals surface area contributed by atoms with Crippen molar-refractivity contribution in [2.24, 2.45) is 5.84 Å². The van der Waals surface area contributed by atoms with Gasteiger partial charge in [-0.15, -0.1) is 0 Å². The van der Waals surface area contributed by atoms with E-state index in [1.807, 2.05) is 24.3 Å². The number of pyridine rings is 1. The Kier molecular flexibility index (Phi) is 3.41. The predicted octanol–water partition coefficient (Wildman–Crippen LogP) is 2.93. The summed E-state index contributed by atoms with van der Waals surface area (Å²) in [7, 11) is 0. The molecule has 3 N–H and O–H groups in total. The maximum absolute atomic E-state index is 14.0. The van der Waals surface area contributed by atoms with E-state index in [-0.39, 0.29) is 5.82 Å². The van der Waals surface area contributed by atoms with Crippen LogP contribution in [-0.2, 0) is 0 Å². The van der Waals surface area contributed by atoms with E-state index in [1.165, 1.54) is 6.07 Å². The number of nitrogens with zero attached hydrogens (tertiary/aromatic N) is 1. The lowest BCUT2D eigenvalue weighted by Gasteiger charge is -2.19. The fourth-order valence-corrected chi connectivity index (χ4v) is 2.45. The summed E-state index contributed by atoms with van der Waals surface area (Å²) in [5.41, 5.74) is 4.13. The molecule has 0 saturated heterocycles. The number of rotatable bonds is 3. The van der Waals surface area contributed by atoms with Crippen molar-refractivity contribution in [2.75, 3.05) is 0 Å². The molecule has 0 aliphatic carbocycles. The topological polar surface area (TPSA) is 50.9 Å². The molecule has 0 amide bonds. The Bertz CT molecular complexity index is 737. The quantitative estimate of drug-likeness (QED) is 0.566. The van der Waals surface area contributed by atoms with Crippen molar-refractivity contribution in [3.05, 3.63) is 77.9 Å². The first-order valence-electron chi connectivity index (χ1n) is 6.34. The Morgan fingerprint density at radius 1 is 1.00 bits per heavy atom. The number of hydrazine groups is 1. The molecular formula is C16H14FN3. The molecule has 0 spiro atoms. The molecule has 0 aliphatic rings. The van der Waals surface area contributed by atoms with Gasteiger partial charge in [0.1, 0.15) is 5.82 Å². The molecule has 3 rings (SSSR count). The number of fused-ring (bicyclic) bond motifs is 1. The predicted molar refractivity (Wildman–Crippen MR) is 77.3 cm³/mol. The summed E-state index contributed by atoms with van der Waals surface area (Å²) in [5.74, 6) is 5.38. The highest BCUT2D eigenvalue weighted by Crippen LogP contribution is 2.29. The van der Waals surface area contributed by atoms with E-state index < -0.39 is 6.04 Å². The van der Waals surface area contributed by atoms with Crippen molar-refractivity contribution in [3.8, 4) is 0 Å². The molecule has 0 saturated carbocycles. The smallest absolute Gasteiger partial charge is 0.128 e.